The molecule has 4 nitrogen and oxygen atoms in total. The summed E-state index contributed by atoms with van der Waals surface area (Å²) in [4.78, 5) is 14.4. The third-order valence-corrected chi connectivity index (χ3v) is 5.15. The molecule has 2 fully saturated rings. The summed E-state index contributed by atoms with van der Waals surface area (Å²) in [6.45, 7) is 1.64. The number of rotatable bonds is 6. The first-order valence-corrected chi connectivity index (χ1v) is 8.40. The molecule has 0 radical (unpaired) electrons. The maximum absolute atomic E-state index is 12.0. The van der Waals surface area contributed by atoms with E-state index in [9.17, 15) is 4.79 Å². The SMILES string of the molecule is CN(CCC(=O)NC1CCCCC1)C1CCCC1CN. The van der Waals surface area contributed by atoms with Crippen LogP contribution in [-0.2, 0) is 4.79 Å². The second-order valence-corrected chi connectivity index (χ2v) is 6.63. The van der Waals surface area contributed by atoms with Crippen LogP contribution in [0.4, 0.5) is 0 Å². The molecular weight excluding hydrogens is 250 g/mol. The Labute approximate surface area is 123 Å². The first-order valence-electron chi connectivity index (χ1n) is 8.40. The van der Waals surface area contributed by atoms with Gasteiger partial charge in [0.25, 0.3) is 0 Å². The van der Waals surface area contributed by atoms with E-state index in [0.717, 1.165) is 13.1 Å². The molecule has 2 atom stereocenters. The van der Waals surface area contributed by atoms with Gasteiger partial charge in [0.15, 0.2) is 0 Å². The van der Waals surface area contributed by atoms with Crippen molar-refractivity contribution in [1.29, 1.82) is 0 Å². The second-order valence-electron chi connectivity index (χ2n) is 6.63. The van der Waals surface area contributed by atoms with Gasteiger partial charge in [-0.2, -0.15) is 0 Å². The van der Waals surface area contributed by atoms with Gasteiger partial charge in [-0.15, -0.1) is 0 Å². The molecule has 0 aromatic carbocycles. The molecule has 2 unspecified atom stereocenters. The van der Waals surface area contributed by atoms with Crippen molar-refractivity contribution in [2.45, 2.75) is 69.9 Å². The Kier molecular flexibility index (Phi) is 6.30. The molecule has 0 spiro atoms. The molecule has 3 N–H and O–H groups in total. The van der Waals surface area contributed by atoms with Crippen molar-refractivity contribution in [3.8, 4) is 0 Å². The van der Waals surface area contributed by atoms with Gasteiger partial charge >= 0.3 is 0 Å². The van der Waals surface area contributed by atoms with Gasteiger partial charge < -0.3 is 16.0 Å². The number of nitrogens with two attached hydrogens (primary N) is 1. The minimum atomic E-state index is 0.228. The third-order valence-electron chi connectivity index (χ3n) is 5.15. The smallest absolute Gasteiger partial charge is 0.221 e. The van der Waals surface area contributed by atoms with Gasteiger partial charge in [-0.1, -0.05) is 25.7 Å². The zero-order valence-corrected chi connectivity index (χ0v) is 12.9. The van der Waals surface area contributed by atoms with Crippen LogP contribution in [0.15, 0.2) is 0 Å². The van der Waals surface area contributed by atoms with Crippen LogP contribution in [0.25, 0.3) is 0 Å². The van der Waals surface area contributed by atoms with E-state index in [1.807, 2.05) is 0 Å². The lowest BCUT2D eigenvalue weighted by molar-refractivity contribution is -0.122. The third kappa shape index (κ3) is 4.45. The summed E-state index contributed by atoms with van der Waals surface area (Å²) in [5.74, 6) is 0.854. The highest BCUT2D eigenvalue weighted by atomic mass is 16.1. The fraction of sp³-hybridized carbons (Fsp3) is 0.938. The van der Waals surface area contributed by atoms with Gasteiger partial charge in [-0.05, 0) is 45.2 Å². The zero-order chi connectivity index (χ0) is 14.4. The molecular formula is C16H31N3O. The number of nitrogens with zero attached hydrogens (tertiary/aromatic N) is 1. The van der Waals surface area contributed by atoms with E-state index >= 15 is 0 Å². The minimum absolute atomic E-state index is 0.228. The van der Waals surface area contributed by atoms with Crippen molar-refractivity contribution >= 4 is 5.91 Å². The largest absolute Gasteiger partial charge is 0.353 e. The molecule has 2 saturated carbocycles. The summed E-state index contributed by atoms with van der Waals surface area (Å²) in [5.41, 5.74) is 5.84. The first-order chi connectivity index (χ1) is 9.70. The van der Waals surface area contributed by atoms with E-state index < -0.39 is 0 Å². The van der Waals surface area contributed by atoms with Crippen LogP contribution in [0, 0.1) is 5.92 Å². The van der Waals surface area contributed by atoms with E-state index in [0.29, 0.717) is 24.4 Å². The predicted molar refractivity (Wildman–Crippen MR) is 82.4 cm³/mol. The Hall–Kier alpha value is -0.610. The molecule has 2 aliphatic rings. The Morgan fingerprint density at radius 1 is 1.15 bits per heavy atom. The Bertz CT molecular complexity index is 302. The molecule has 1 amide bonds. The van der Waals surface area contributed by atoms with Gasteiger partial charge in [0.1, 0.15) is 0 Å². The van der Waals surface area contributed by atoms with Crippen LogP contribution >= 0.6 is 0 Å². The summed E-state index contributed by atoms with van der Waals surface area (Å²) in [7, 11) is 2.15. The lowest BCUT2D eigenvalue weighted by atomic mass is 9.95. The monoisotopic (exact) mass is 281 g/mol. The molecule has 2 rings (SSSR count). The fourth-order valence-electron chi connectivity index (χ4n) is 3.86. The van der Waals surface area contributed by atoms with Crippen molar-refractivity contribution in [2.75, 3.05) is 20.1 Å². The van der Waals surface area contributed by atoms with Gasteiger partial charge in [-0.25, -0.2) is 0 Å². The molecule has 0 bridgehead atoms. The summed E-state index contributed by atoms with van der Waals surface area (Å²) in [6.07, 6.45) is 10.6. The topological polar surface area (TPSA) is 58.4 Å². The summed E-state index contributed by atoms with van der Waals surface area (Å²) in [6, 6.07) is 1.02. The minimum Gasteiger partial charge on any atom is -0.353 e. The molecule has 0 aliphatic heterocycles. The lowest BCUT2D eigenvalue weighted by Gasteiger charge is -2.29. The second kappa shape index (κ2) is 7.99. The number of amides is 1. The molecule has 0 aromatic rings. The highest BCUT2D eigenvalue weighted by Crippen LogP contribution is 2.28. The zero-order valence-electron chi connectivity index (χ0n) is 12.9. The van der Waals surface area contributed by atoms with Crippen molar-refractivity contribution in [3.63, 3.8) is 0 Å². The number of hydrogen-bond acceptors (Lipinski definition) is 3. The number of hydrogen-bond donors (Lipinski definition) is 2. The first kappa shape index (κ1) is 15.8. The summed E-state index contributed by atoms with van der Waals surface area (Å²) >= 11 is 0. The van der Waals surface area contributed by atoms with Crippen LogP contribution in [0.5, 0.6) is 0 Å². The molecule has 116 valence electrons. The van der Waals surface area contributed by atoms with E-state index in [2.05, 4.69) is 17.3 Å². The summed E-state index contributed by atoms with van der Waals surface area (Å²) in [5, 5.41) is 3.20. The molecule has 0 heterocycles. The Morgan fingerprint density at radius 2 is 1.90 bits per heavy atom. The number of carbonyl (C=O) groups excluding carboxylic acids is 1. The van der Waals surface area contributed by atoms with Crippen molar-refractivity contribution in [2.24, 2.45) is 11.7 Å². The Balaban J connectivity index is 1.67. The van der Waals surface area contributed by atoms with Crippen molar-refractivity contribution < 1.29 is 4.79 Å². The van der Waals surface area contributed by atoms with E-state index in [1.54, 1.807) is 0 Å². The highest BCUT2D eigenvalue weighted by molar-refractivity contribution is 5.76. The highest BCUT2D eigenvalue weighted by Gasteiger charge is 2.29. The molecule has 2 aliphatic carbocycles. The van der Waals surface area contributed by atoms with Crippen molar-refractivity contribution in [1.82, 2.24) is 10.2 Å². The summed E-state index contributed by atoms with van der Waals surface area (Å²) < 4.78 is 0. The van der Waals surface area contributed by atoms with Gasteiger partial charge in [0, 0.05) is 25.0 Å². The maximum Gasteiger partial charge on any atom is 0.221 e. The Morgan fingerprint density at radius 3 is 2.60 bits per heavy atom. The van der Waals surface area contributed by atoms with Crippen molar-refractivity contribution in [3.05, 3.63) is 0 Å². The molecule has 4 heteroatoms. The molecule has 20 heavy (non-hydrogen) atoms. The van der Waals surface area contributed by atoms with Gasteiger partial charge in [-0.3, -0.25) is 4.79 Å². The predicted octanol–water partition coefficient (Wildman–Crippen LogP) is 1.88. The molecule has 0 saturated heterocycles. The average Bonchev–Trinajstić information content (AvgIpc) is 2.94. The standard InChI is InChI=1S/C16H31N3O/c1-19(15-9-5-6-13(15)12-17)11-10-16(20)18-14-7-3-2-4-8-14/h13-15H,2-12,17H2,1H3,(H,18,20). The van der Waals surface area contributed by atoms with Crippen LogP contribution in [0.3, 0.4) is 0 Å². The van der Waals surface area contributed by atoms with E-state index in [4.69, 9.17) is 5.73 Å². The van der Waals surface area contributed by atoms with Gasteiger partial charge in [0.05, 0.1) is 0 Å². The van der Waals surface area contributed by atoms with Crippen LogP contribution in [-0.4, -0.2) is 43.0 Å². The number of nitrogens with one attached hydrogen (secondary N) is 1. The molecule has 0 aromatic heterocycles. The fourth-order valence-corrected chi connectivity index (χ4v) is 3.86. The quantitative estimate of drug-likeness (QED) is 0.781. The number of carbonyl (C=O) groups is 1. The van der Waals surface area contributed by atoms with Crippen LogP contribution < -0.4 is 11.1 Å². The normalized spacial score (nSPS) is 27.9. The van der Waals surface area contributed by atoms with Crippen LogP contribution in [0.1, 0.15) is 57.8 Å². The van der Waals surface area contributed by atoms with E-state index in [-0.39, 0.29) is 5.91 Å². The lowest BCUT2D eigenvalue weighted by Crippen LogP contribution is -2.41. The maximum atomic E-state index is 12.0. The average molecular weight is 281 g/mol. The van der Waals surface area contributed by atoms with Gasteiger partial charge in [0.2, 0.25) is 5.91 Å². The van der Waals surface area contributed by atoms with E-state index in [1.165, 1.54) is 51.4 Å². The van der Waals surface area contributed by atoms with Crippen LogP contribution in [0.2, 0.25) is 0 Å².